The summed E-state index contributed by atoms with van der Waals surface area (Å²) < 4.78 is 28.0. The lowest BCUT2D eigenvalue weighted by Gasteiger charge is -2.49. The predicted octanol–water partition coefficient (Wildman–Crippen LogP) is 3.25. The average Bonchev–Trinajstić information content (AvgIpc) is 3.26. The van der Waals surface area contributed by atoms with Crippen molar-refractivity contribution in [3.8, 4) is 0 Å². The maximum Gasteiger partial charge on any atom is 0.345 e. The highest BCUT2D eigenvalue weighted by molar-refractivity contribution is 5.98. The fourth-order valence-corrected chi connectivity index (χ4v) is 5.92. The summed E-state index contributed by atoms with van der Waals surface area (Å²) in [7, 11) is 0. The molecule has 0 aliphatic carbocycles. The van der Waals surface area contributed by atoms with Gasteiger partial charge in [0.15, 0.2) is 5.79 Å². The van der Waals surface area contributed by atoms with E-state index in [0.29, 0.717) is 37.7 Å². The van der Waals surface area contributed by atoms with Gasteiger partial charge in [0.1, 0.15) is 12.2 Å². The van der Waals surface area contributed by atoms with Crippen LogP contribution in [-0.4, -0.2) is 87.7 Å². The van der Waals surface area contributed by atoms with E-state index in [1.54, 1.807) is 0 Å². The number of unbranched alkanes of at least 4 members (excludes halogenated alkanes) is 2. The van der Waals surface area contributed by atoms with Crippen molar-refractivity contribution in [1.82, 2.24) is 0 Å². The van der Waals surface area contributed by atoms with E-state index in [2.05, 4.69) is 6.58 Å². The first-order chi connectivity index (χ1) is 21.3. The largest absolute Gasteiger partial charge is 0.479 e. The first kappa shape index (κ1) is 36.2. The molecular formula is C33H46O12. The number of esters is 3. The van der Waals surface area contributed by atoms with Crippen molar-refractivity contribution < 1.29 is 58.2 Å². The number of aliphatic carboxylic acids is 1. The van der Waals surface area contributed by atoms with Gasteiger partial charge >= 0.3 is 23.9 Å². The van der Waals surface area contributed by atoms with Crippen LogP contribution in [0.1, 0.15) is 78.2 Å². The van der Waals surface area contributed by atoms with Crippen molar-refractivity contribution in [3.63, 3.8) is 0 Å². The highest BCUT2D eigenvalue weighted by atomic mass is 16.8. The second-order valence-corrected chi connectivity index (χ2v) is 11.9. The third-order valence-electron chi connectivity index (χ3n) is 8.38. The van der Waals surface area contributed by atoms with Crippen LogP contribution in [0.4, 0.5) is 0 Å². The van der Waals surface area contributed by atoms with Crippen LogP contribution in [0, 0.1) is 5.92 Å². The molecule has 3 rings (SSSR count). The van der Waals surface area contributed by atoms with Crippen LogP contribution in [0.25, 0.3) is 0 Å². The number of fused-ring (bicyclic) bond motifs is 2. The molecule has 0 radical (unpaired) electrons. The highest BCUT2D eigenvalue weighted by Gasteiger charge is 2.81. The molecule has 12 nitrogen and oxygen atoms in total. The molecule has 1 aromatic carbocycles. The van der Waals surface area contributed by atoms with E-state index >= 15 is 0 Å². The molecule has 2 bridgehead atoms. The maximum absolute atomic E-state index is 13.6. The zero-order chi connectivity index (χ0) is 33.4. The molecule has 0 amide bonds. The zero-order valence-electron chi connectivity index (χ0n) is 26.5. The molecule has 250 valence electrons. The lowest BCUT2D eigenvalue weighted by atomic mass is 9.76. The average molecular weight is 635 g/mol. The number of carbonyl (C=O) groups excluding carboxylic acids is 3. The third-order valence-corrected chi connectivity index (χ3v) is 8.38. The molecule has 0 saturated carbocycles. The summed E-state index contributed by atoms with van der Waals surface area (Å²) in [5.74, 6) is -7.33. The quantitative estimate of drug-likeness (QED) is 0.0989. The Morgan fingerprint density at radius 1 is 1.04 bits per heavy atom. The van der Waals surface area contributed by atoms with Gasteiger partial charge in [-0.1, -0.05) is 70.5 Å². The van der Waals surface area contributed by atoms with E-state index in [4.69, 9.17) is 23.7 Å². The van der Waals surface area contributed by atoms with Crippen molar-refractivity contribution in [3.05, 3.63) is 48.0 Å². The Hall–Kier alpha value is -3.32. The Morgan fingerprint density at radius 3 is 2.20 bits per heavy atom. The number of carboxylic acid groups (broad SMARTS) is 1. The summed E-state index contributed by atoms with van der Waals surface area (Å²) in [6, 6.07) is 9.58. The van der Waals surface area contributed by atoms with E-state index in [0.717, 1.165) is 5.56 Å². The van der Waals surface area contributed by atoms with E-state index in [9.17, 15) is 34.5 Å². The number of ether oxygens (including phenoxy) is 5. The van der Waals surface area contributed by atoms with Crippen molar-refractivity contribution in [2.45, 2.75) is 114 Å². The smallest absolute Gasteiger partial charge is 0.345 e. The van der Waals surface area contributed by atoms with Gasteiger partial charge in [-0.3, -0.25) is 4.79 Å². The van der Waals surface area contributed by atoms with Gasteiger partial charge in [0.25, 0.3) is 0 Å². The number of carbonyl (C=O) groups is 4. The molecule has 2 aliphatic heterocycles. The Morgan fingerprint density at radius 2 is 1.64 bits per heavy atom. The van der Waals surface area contributed by atoms with Crippen molar-refractivity contribution >= 4 is 23.9 Å². The van der Waals surface area contributed by atoms with E-state index in [-0.39, 0.29) is 32.0 Å². The van der Waals surface area contributed by atoms with Crippen LogP contribution in [0.3, 0.4) is 0 Å². The SMILES string of the molecule is C=C(CCC12OC(C(=O)O)C(O)(C(=O)OCCCC)C(C(=O)OCCCC)(C[C@H]1O)O2)C(OC(C)=O)C(C)Cc1ccccc1. The molecule has 12 heteroatoms. The minimum atomic E-state index is -3.18. The maximum atomic E-state index is 13.6. The minimum absolute atomic E-state index is 0.000806. The number of hydrogen-bond donors (Lipinski definition) is 3. The number of rotatable bonds is 17. The lowest BCUT2D eigenvalue weighted by Crippen LogP contribution is -2.76. The molecule has 2 saturated heterocycles. The van der Waals surface area contributed by atoms with Crippen LogP contribution < -0.4 is 0 Å². The Kier molecular flexibility index (Phi) is 12.3. The number of aliphatic hydroxyl groups excluding tert-OH is 1. The molecule has 45 heavy (non-hydrogen) atoms. The standard InChI is InChI=1S/C33H46O12/c1-6-8-17-41-29(38)31-20-25(35)32(45-31,44-27(28(36)37)33(31,40)30(39)42-18-9-7-2)16-15-21(3)26(43-23(5)34)22(4)19-24-13-11-10-12-14-24/h10-14,22,25-27,35,40H,3,6-9,15-20H2,1-2,4-5H3,(H,36,37)/t22?,25-,26?,27?,31?,32?,33?/m1/s1. The zero-order valence-corrected chi connectivity index (χ0v) is 26.5. The van der Waals surface area contributed by atoms with E-state index in [1.165, 1.54) is 6.92 Å². The number of benzene rings is 1. The minimum Gasteiger partial charge on any atom is -0.479 e. The number of aliphatic hydroxyl groups is 2. The lowest BCUT2D eigenvalue weighted by molar-refractivity contribution is -0.373. The first-order valence-corrected chi connectivity index (χ1v) is 15.5. The summed E-state index contributed by atoms with van der Waals surface area (Å²) in [5.41, 5.74) is -4.39. The number of hydrogen-bond acceptors (Lipinski definition) is 11. The number of carboxylic acids is 1. The monoisotopic (exact) mass is 634 g/mol. The normalized spacial score (nSPS) is 28.5. The molecule has 3 N–H and O–H groups in total. The molecule has 1 aromatic rings. The van der Waals surface area contributed by atoms with Crippen molar-refractivity contribution in [1.29, 1.82) is 0 Å². The molecule has 6 unspecified atom stereocenters. The molecule has 2 fully saturated rings. The van der Waals surface area contributed by atoms with Gasteiger partial charge in [-0.25, -0.2) is 14.4 Å². The fraction of sp³-hybridized carbons (Fsp3) is 0.636. The second-order valence-electron chi connectivity index (χ2n) is 11.9. The van der Waals surface area contributed by atoms with Crippen LogP contribution in [-0.2, 0) is 49.3 Å². The van der Waals surface area contributed by atoms with E-state index < -0.39 is 65.6 Å². The van der Waals surface area contributed by atoms with Crippen molar-refractivity contribution in [2.24, 2.45) is 5.92 Å². The van der Waals surface area contributed by atoms with Gasteiger partial charge in [-0.15, -0.1) is 0 Å². The summed E-state index contributed by atoms with van der Waals surface area (Å²) in [6.45, 7) is 10.7. The van der Waals surface area contributed by atoms with Gasteiger partial charge in [0, 0.05) is 25.7 Å². The molecule has 0 aromatic heterocycles. The Labute approximate surface area is 263 Å². The fourth-order valence-electron chi connectivity index (χ4n) is 5.92. The van der Waals surface area contributed by atoms with Gasteiger partial charge < -0.3 is 39.0 Å². The van der Waals surface area contributed by atoms with Crippen LogP contribution in [0.15, 0.2) is 42.5 Å². The molecular weight excluding hydrogens is 588 g/mol. The van der Waals surface area contributed by atoms with E-state index in [1.807, 2.05) is 51.1 Å². The van der Waals surface area contributed by atoms with Crippen molar-refractivity contribution in [2.75, 3.05) is 13.2 Å². The van der Waals surface area contributed by atoms with Gasteiger partial charge in [-0.05, 0) is 36.8 Å². The third kappa shape index (κ3) is 7.57. The summed E-state index contributed by atoms with van der Waals surface area (Å²) in [4.78, 5) is 51.6. The molecule has 7 atom stereocenters. The summed E-state index contributed by atoms with van der Waals surface area (Å²) in [5, 5.41) is 33.4. The van der Waals surface area contributed by atoms with Gasteiger partial charge in [0.05, 0.1) is 13.2 Å². The molecule has 0 spiro atoms. The molecule has 2 heterocycles. The van der Waals surface area contributed by atoms with Crippen LogP contribution in [0.2, 0.25) is 0 Å². The van der Waals surface area contributed by atoms with Crippen LogP contribution in [0.5, 0.6) is 0 Å². The summed E-state index contributed by atoms with van der Waals surface area (Å²) in [6.07, 6.45) is -3.03. The van der Waals surface area contributed by atoms with Crippen LogP contribution >= 0.6 is 0 Å². The predicted molar refractivity (Wildman–Crippen MR) is 160 cm³/mol. The molecule has 2 aliphatic rings. The van der Waals surface area contributed by atoms with Gasteiger partial charge in [0.2, 0.25) is 17.3 Å². The topological polar surface area (TPSA) is 175 Å². The second kappa shape index (κ2) is 15.3. The first-order valence-electron chi connectivity index (χ1n) is 15.5. The summed E-state index contributed by atoms with van der Waals surface area (Å²) >= 11 is 0. The Bertz CT molecular complexity index is 1220. The highest BCUT2D eigenvalue weighted by Crippen LogP contribution is 2.55. The van der Waals surface area contributed by atoms with Gasteiger partial charge in [-0.2, -0.15) is 0 Å². The Balaban J connectivity index is 1.95.